The third kappa shape index (κ3) is 2.32. The maximum Gasteiger partial charge on any atom is 0.127 e. The van der Waals surface area contributed by atoms with Crippen LogP contribution in [0.25, 0.3) is 0 Å². The van der Waals surface area contributed by atoms with Gasteiger partial charge in [-0.2, -0.15) is 0 Å². The van der Waals surface area contributed by atoms with Crippen molar-refractivity contribution in [2.75, 3.05) is 20.8 Å². The second-order valence-corrected chi connectivity index (χ2v) is 4.97. The standard InChI is InChI=1S/C15H23NO2/c1-10-9-13(17-3)11(2)14(15(10)18-4)12-7-5-6-8-16-12/h9,12,16H,5-8H2,1-4H3. The van der Waals surface area contributed by atoms with Gasteiger partial charge in [-0.3, -0.25) is 0 Å². The molecule has 1 N–H and O–H groups in total. The van der Waals surface area contributed by atoms with E-state index in [0.717, 1.165) is 23.6 Å². The Balaban J connectivity index is 2.50. The van der Waals surface area contributed by atoms with Crippen LogP contribution in [0.2, 0.25) is 0 Å². The average Bonchev–Trinajstić information content (AvgIpc) is 2.41. The summed E-state index contributed by atoms with van der Waals surface area (Å²) in [5, 5.41) is 3.59. The van der Waals surface area contributed by atoms with Gasteiger partial charge in [0.2, 0.25) is 0 Å². The third-order valence-electron chi connectivity index (χ3n) is 3.81. The molecule has 1 unspecified atom stereocenters. The van der Waals surface area contributed by atoms with E-state index in [1.54, 1.807) is 14.2 Å². The molecule has 1 aliphatic heterocycles. The zero-order valence-electron chi connectivity index (χ0n) is 11.8. The summed E-state index contributed by atoms with van der Waals surface area (Å²) in [6.45, 7) is 5.28. The zero-order valence-corrected chi connectivity index (χ0v) is 11.8. The summed E-state index contributed by atoms with van der Waals surface area (Å²) in [5.74, 6) is 1.96. The van der Waals surface area contributed by atoms with Crippen LogP contribution in [0, 0.1) is 13.8 Å². The Morgan fingerprint density at radius 3 is 2.50 bits per heavy atom. The maximum atomic E-state index is 5.61. The molecule has 0 saturated carbocycles. The number of rotatable bonds is 3. The SMILES string of the molecule is COc1cc(C)c(OC)c(C2CCCCN2)c1C. The molecule has 1 aliphatic rings. The molecule has 3 nitrogen and oxygen atoms in total. The van der Waals surface area contributed by atoms with Crippen molar-refractivity contribution in [3.8, 4) is 11.5 Å². The molecule has 1 fully saturated rings. The molecule has 0 radical (unpaired) electrons. The molecule has 0 spiro atoms. The smallest absolute Gasteiger partial charge is 0.127 e. The minimum atomic E-state index is 0.391. The van der Waals surface area contributed by atoms with Crippen molar-refractivity contribution in [2.45, 2.75) is 39.2 Å². The number of benzene rings is 1. The monoisotopic (exact) mass is 249 g/mol. The van der Waals surface area contributed by atoms with Crippen LogP contribution in [0.5, 0.6) is 11.5 Å². The Morgan fingerprint density at radius 2 is 1.94 bits per heavy atom. The number of hydrogen-bond acceptors (Lipinski definition) is 3. The lowest BCUT2D eigenvalue weighted by Gasteiger charge is -2.28. The van der Waals surface area contributed by atoms with E-state index in [1.165, 1.54) is 30.4 Å². The van der Waals surface area contributed by atoms with E-state index in [0.29, 0.717) is 6.04 Å². The van der Waals surface area contributed by atoms with Crippen molar-refractivity contribution in [2.24, 2.45) is 0 Å². The zero-order chi connectivity index (χ0) is 13.1. The van der Waals surface area contributed by atoms with Gasteiger partial charge in [-0.25, -0.2) is 0 Å². The van der Waals surface area contributed by atoms with E-state index >= 15 is 0 Å². The second-order valence-electron chi connectivity index (χ2n) is 4.97. The molecule has 0 bridgehead atoms. The minimum absolute atomic E-state index is 0.391. The van der Waals surface area contributed by atoms with Gasteiger partial charge in [0.25, 0.3) is 0 Å². The molecule has 1 aromatic carbocycles. The van der Waals surface area contributed by atoms with Crippen molar-refractivity contribution in [3.05, 3.63) is 22.8 Å². The molecule has 1 aromatic rings. The number of aryl methyl sites for hydroxylation is 1. The van der Waals surface area contributed by atoms with E-state index in [-0.39, 0.29) is 0 Å². The molecule has 3 heteroatoms. The fourth-order valence-corrected chi connectivity index (χ4v) is 2.89. The van der Waals surface area contributed by atoms with Crippen molar-refractivity contribution >= 4 is 0 Å². The first-order valence-electron chi connectivity index (χ1n) is 6.64. The third-order valence-corrected chi connectivity index (χ3v) is 3.81. The van der Waals surface area contributed by atoms with Crippen LogP contribution in [0.15, 0.2) is 6.07 Å². The van der Waals surface area contributed by atoms with Gasteiger partial charge in [-0.05, 0) is 50.4 Å². The Morgan fingerprint density at radius 1 is 1.17 bits per heavy atom. The Labute approximate surface area is 109 Å². The first kappa shape index (κ1) is 13.2. The molecule has 1 saturated heterocycles. The number of piperidine rings is 1. The highest BCUT2D eigenvalue weighted by Gasteiger charge is 2.24. The highest BCUT2D eigenvalue weighted by Crippen LogP contribution is 2.39. The topological polar surface area (TPSA) is 30.5 Å². The van der Waals surface area contributed by atoms with Gasteiger partial charge in [0, 0.05) is 11.6 Å². The normalized spacial score (nSPS) is 19.7. The van der Waals surface area contributed by atoms with E-state index < -0.39 is 0 Å². The van der Waals surface area contributed by atoms with Crippen molar-refractivity contribution in [1.29, 1.82) is 0 Å². The molecule has 1 atom stereocenters. The van der Waals surface area contributed by atoms with Crippen LogP contribution in [-0.2, 0) is 0 Å². The lowest BCUT2D eigenvalue weighted by molar-refractivity contribution is 0.363. The van der Waals surface area contributed by atoms with Crippen LogP contribution in [0.4, 0.5) is 0 Å². The van der Waals surface area contributed by atoms with Gasteiger partial charge in [-0.1, -0.05) is 6.42 Å². The van der Waals surface area contributed by atoms with Gasteiger partial charge in [0.05, 0.1) is 14.2 Å². The first-order valence-corrected chi connectivity index (χ1v) is 6.64. The second kappa shape index (κ2) is 5.61. The summed E-state index contributed by atoms with van der Waals surface area (Å²) in [5.41, 5.74) is 3.61. The molecule has 2 rings (SSSR count). The summed E-state index contributed by atoms with van der Waals surface area (Å²) >= 11 is 0. The molecule has 1 heterocycles. The highest BCUT2D eigenvalue weighted by atomic mass is 16.5. The summed E-state index contributed by atoms with van der Waals surface area (Å²) in [6, 6.07) is 2.45. The predicted molar refractivity (Wildman–Crippen MR) is 73.6 cm³/mol. The Bertz CT molecular complexity index is 423. The average molecular weight is 249 g/mol. The summed E-state index contributed by atoms with van der Waals surface area (Å²) < 4.78 is 11.1. The summed E-state index contributed by atoms with van der Waals surface area (Å²) in [4.78, 5) is 0. The number of nitrogens with one attached hydrogen (secondary N) is 1. The summed E-state index contributed by atoms with van der Waals surface area (Å²) in [7, 11) is 3.48. The van der Waals surface area contributed by atoms with Crippen LogP contribution in [0.1, 0.15) is 42.0 Å². The van der Waals surface area contributed by atoms with Crippen LogP contribution in [0.3, 0.4) is 0 Å². The lowest BCUT2D eigenvalue weighted by Crippen LogP contribution is -2.28. The lowest BCUT2D eigenvalue weighted by atomic mass is 9.91. The van der Waals surface area contributed by atoms with Crippen molar-refractivity contribution < 1.29 is 9.47 Å². The molecule has 0 aliphatic carbocycles. The van der Waals surface area contributed by atoms with Crippen LogP contribution in [-0.4, -0.2) is 20.8 Å². The Kier molecular flexibility index (Phi) is 4.12. The van der Waals surface area contributed by atoms with Gasteiger partial charge < -0.3 is 14.8 Å². The van der Waals surface area contributed by atoms with E-state index in [1.807, 2.05) is 0 Å². The fourth-order valence-electron chi connectivity index (χ4n) is 2.89. The summed E-state index contributed by atoms with van der Waals surface area (Å²) in [6.07, 6.45) is 3.71. The highest BCUT2D eigenvalue weighted by molar-refractivity contribution is 5.54. The van der Waals surface area contributed by atoms with E-state index in [2.05, 4.69) is 25.2 Å². The van der Waals surface area contributed by atoms with E-state index in [4.69, 9.17) is 9.47 Å². The van der Waals surface area contributed by atoms with Crippen LogP contribution >= 0.6 is 0 Å². The molecular formula is C15H23NO2. The van der Waals surface area contributed by atoms with Gasteiger partial charge in [0.15, 0.2) is 0 Å². The maximum absolute atomic E-state index is 5.61. The number of methoxy groups -OCH3 is 2. The Hall–Kier alpha value is -1.22. The fraction of sp³-hybridized carbons (Fsp3) is 0.600. The molecule has 18 heavy (non-hydrogen) atoms. The molecule has 100 valence electrons. The van der Waals surface area contributed by atoms with Crippen molar-refractivity contribution in [1.82, 2.24) is 5.32 Å². The molecule has 0 amide bonds. The minimum Gasteiger partial charge on any atom is -0.496 e. The van der Waals surface area contributed by atoms with Gasteiger partial charge in [-0.15, -0.1) is 0 Å². The quantitative estimate of drug-likeness (QED) is 0.892. The number of ether oxygens (including phenoxy) is 2. The van der Waals surface area contributed by atoms with Crippen molar-refractivity contribution in [3.63, 3.8) is 0 Å². The van der Waals surface area contributed by atoms with Crippen LogP contribution < -0.4 is 14.8 Å². The predicted octanol–water partition coefficient (Wildman–Crippen LogP) is 3.14. The molecular weight excluding hydrogens is 226 g/mol. The first-order chi connectivity index (χ1) is 8.69. The van der Waals surface area contributed by atoms with Gasteiger partial charge >= 0.3 is 0 Å². The van der Waals surface area contributed by atoms with E-state index in [9.17, 15) is 0 Å². The number of hydrogen-bond donors (Lipinski definition) is 1. The largest absolute Gasteiger partial charge is 0.496 e. The molecule has 0 aromatic heterocycles. The van der Waals surface area contributed by atoms with Gasteiger partial charge in [0.1, 0.15) is 11.5 Å².